The van der Waals surface area contributed by atoms with Gasteiger partial charge in [0.05, 0.1) is 12.3 Å². The van der Waals surface area contributed by atoms with Crippen molar-refractivity contribution in [1.82, 2.24) is 15.1 Å². The van der Waals surface area contributed by atoms with Gasteiger partial charge in [0.2, 0.25) is 25.1 Å². The van der Waals surface area contributed by atoms with Crippen LogP contribution in [0.2, 0.25) is 0 Å². The SMILES string of the molecule is CCCN(C(C)=O)[C@@H](C)C(=O)NCCP(=O)(O)CN(C(=O)CCCc1ccccc1)[C@H](C=O)CC(C)C. The van der Waals surface area contributed by atoms with E-state index in [0.717, 1.165) is 5.56 Å². The molecule has 1 rings (SSSR count). The maximum atomic E-state index is 13.1. The first kappa shape index (κ1) is 32.5. The number of nitrogens with zero attached hydrogens (tertiary/aromatic N) is 2. The first-order chi connectivity index (χ1) is 17.4. The van der Waals surface area contributed by atoms with Crippen LogP contribution in [0.25, 0.3) is 0 Å². The summed E-state index contributed by atoms with van der Waals surface area (Å²) in [7, 11) is -3.89. The van der Waals surface area contributed by atoms with E-state index in [1.54, 1.807) is 6.92 Å². The number of carbonyl (C=O) groups excluding carboxylic acids is 4. The summed E-state index contributed by atoms with van der Waals surface area (Å²) in [6, 6.07) is 8.23. The van der Waals surface area contributed by atoms with Crippen LogP contribution in [0.4, 0.5) is 0 Å². The molecule has 0 aliphatic heterocycles. The van der Waals surface area contributed by atoms with E-state index in [9.17, 15) is 28.6 Å². The van der Waals surface area contributed by atoms with Crippen molar-refractivity contribution in [3.63, 3.8) is 0 Å². The first-order valence-electron chi connectivity index (χ1n) is 13.1. The Morgan fingerprint density at radius 2 is 1.76 bits per heavy atom. The molecular weight excluding hydrogens is 493 g/mol. The molecular formula is C27H44N3O6P. The second-order valence-corrected chi connectivity index (χ2v) is 12.3. The highest BCUT2D eigenvalue weighted by Crippen LogP contribution is 2.41. The summed E-state index contributed by atoms with van der Waals surface area (Å²) in [5.41, 5.74) is 1.09. The zero-order valence-corrected chi connectivity index (χ0v) is 23.8. The lowest BCUT2D eigenvalue weighted by Crippen LogP contribution is -2.48. The molecule has 0 fully saturated rings. The van der Waals surface area contributed by atoms with Crippen molar-refractivity contribution in [2.45, 2.75) is 78.8 Å². The summed E-state index contributed by atoms with van der Waals surface area (Å²) in [5, 5.41) is 2.62. The molecule has 208 valence electrons. The van der Waals surface area contributed by atoms with Gasteiger partial charge < -0.3 is 24.8 Å². The molecule has 0 saturated heterocycles. The van der Waals surface area contributed by atoms with Gasteiger partial charge in [-0.15, -0.1) is 0 Å². The van der Waals surface area contributed by atoms with Crippen LogP contribution in [0.15, 0.2) is 30.3 Å². The number of rotatable bonds is 17. The van der Waals surface area contributed by atoms with E-state index in [0.29, 0.717) is 38.5 Å². The molecule has 37 heavy (non-hydrogen) atoms. The molecule has 10 heteroatoms. The van der Waals surface area contributed by atoms with Gasteiger partial charge in [-0.3, -0.25) is 18.9 Å². The lowest BCUT2D eigenvalue weighted by Gasteiger charge is -2.31. The van der Waals surface area contributed by atoms with Gasteiger partial charge in [0.1, 0.15) is 12.3 Å². The van der Waals surface area contributed by atoms with Crippen LogP contribution in [0.3, 0.4) is 0 Å². The second-order valence-electron chi connectivity index (χ2n) is 9.93. The Bertz CT molecular complexity index is 924. The van der Waals surface area contributed by atoms with Crippen molar-refractivity contribution in [2.24, 2.45) is 5.92 Å². The molecule has 0 heterocycles. The number of hydrogen-bond acceptors (Lipinski definition) is 5. The van der Waals surface area contributed by atoms with Crippen LogP contribution in [0.1, 0.15) is 65.9 Å². The Morgan fingerprint density at radius 1 is 1.11 bits per heavy atom. The standard InChI is InChI=1S/C27H44N3O6P/c1-6-16-29(23(5)32)22(4)27(34)28-15-17-37(35,36)20-30(25(19-31)18-21(2)3)26(33)14-10-13-24-11-8-7-9-12-24/h7-9,11-12,19,21-22,25H,6,10,13-18,20H2,1-5H3,(H,28,34)(H,35,36)/t22-,25-/m0/s1. The highest BCUT2D eigenvalue weighted by Gasteiger charge is 2.31. The van der Waals surface area contributed by atoms with Crippen LogP contribution in [-0.2, 0) is 30.2 Å². The predicted molar refractivity (Wildman–Crippen MR) is 145 cm³/mol. The molecule has 3 atom stereocenters. The topological polar surface area (TPSA) is 124 Å². The third-order valence-corrected chi connectivity index (χ3v) is 7.81. The largest absolute Gasteiger partial charge is 0.354 e. The third-order valence-electron chi connectivity index (χ3n) is 6.14. The first-order valence-corrected chi connectivity index (χ1v) is 15.1. The molecule has 0 bridgehead atoms. The Kier molecular flexibility index (Phi) is 14.4. The van der Waals surface area contributed by atoms with Gasteiger partial charge in [-0.1, -0.05) is 51.1 Å². The number of hydrogen-bond donors (Lipinski definition) is 2. The number of amides is 3. The van der Waals surface area contributed by atoms with Crippen LogP contribution in [-0.4, -0.2) is 76.3 Å². The Labute approximate surface area is 221 Å². The molecule has 0 radical (unpaired) electrons. The van der Waals surface area contributed by atoms with Crippen LogP contribution in [0.5, 0.6) is 0 Å². The van der Waals surface area contributed by atoms with Crippen molar-refractivity contribution in [3.8, 4) is 0 Å². The number of aldehydes is 1. The summed E-state index contributed by atoms with van der Waals surface area (Å²) in [6.07, 6.45) is 2.46. The van der Waals surface area contributed by atoms with E-state index < -0.39 is 31.6 Å². The fourth-order valence-corrected chi connectivity index (χ4v) is 5.60. The number of nitrogens with one attached hydrogen (secondary N) is 1. The van der Waals surface area contributed by atoms with Crippen molar-refractivity contribution in [1.29, 1.82) is 0 Å². The zero-order chi connectivity index (χ0) is 28.0. The molecule has 0 saturated carbocycles. The molecule has 2 N–H and O–H groups in total. The summed E-state index contributed by atoms with van der Waals surface area (Å²) in [5.74, 6) is -0.856. The number of benzene rings is 1. The van der Waals surface area contributed by atoms with Crippen molar-refractivity contribution < 1.29 is 28.6 Å². The summed E-state index contributed by atoms with van der Waals surface area (Å²) in [6.45, 7) is 9.12. The van der Waals surface area contributed by atoms with Gasteiger partial charge in [0, 0.05) is 32.6 Å². The summed E-state index contributed by atoms with van der Waals surface area (Å²) < 4.78 is 13.1. The van der Waals surface area contributed by atoms with Crippen LogP contribution >= 0.6 is 7.37 Å². The minimum absolute atomic E-state index is 0.0825. The van der Waals surface area contributed by atoms with Gasteiger partial charge in [-0.2, -0.15) is 0 Å². The molecule has 3 amide bonds. The second kappa shape index (κ2) is 16.4. The summed E-state index contributed by atoms with van der Waals surface area (Å²) in [4.78, 5) is 62.6. The van der Waals surface area contributed by atoms with Crippen LogP contribution in [0, 0.1) is 5.92 Å². The predicted octanol–water partition coefficient (Wildman–Crippen LogP) is 3.44. The van der Waals surface area contributed by atoms with E-state index in [-0.39, 0.29) is 36.9 Å². The van der Waals surface area contributed by atoms with E-state index in [2.05, 4.69) is 5.32 Å². The zero-order valence-electron chi connectivity index (χ0n) is 22.9. The van der Waals surface area contributed by atoms with E-state index in [4.69, 9.17) is 0 Å². The lowest BCUT2D eigenvalue weighted by atomic mass is 10.0. The average molecular weight is 538 g/mol. The minimum atomic E-state index is -3.89. The molecule has 9 nitrogen and oxygen atoms in total. The van der Waals surface area contributed by atoms with Crippen molar-refractivity contribution >= 4 is 31.4 Å². The Balaban J connectivity index is 2.81. The van der Waals surface area contributed by atoms with Crippen LogP contribution < -0.4 is 5.32 Å². The van der Waals surface area contributed by atoms with Gasteiger partial charge >= 0.3 is 0 Å². The Morgan fingerprint density at radius 3 is 2.30 bits per heavy atom. The number of aryl methyl sites for hydroxylation is 1. The Hall–Kier alpha value is -2.51. The molecule has 1 unspecified atom stereocenters. The highest BCUT2D eigenvalue weighted by atomic mass is 31.2. The average Bonchev–Trinajstić information content (AvgIpc) is 2.84. The lowest BCUT2D eigenvalue weighted by molar-refractivity contribution is -0.138. The quantitative estimate of drug-likeness (QED) is 0.232. The molecule has 0 aromatic heterocycles. The molecule has 1 aromatic carbocycles. The molecule has 1 aromatic rings. The molecule has 0 aliphatic carbocycles. The van der Waals surface area contributed by atoms with E-state index in [1.165, 1.54) is 16.7 Å². The smallest absolute Gasteiger partial charge is 0.242 e. The van der Waals surface area contributed by atoms with Crippen molar-refractivity contribution in [3.05, 3.63) is 35.9 Å². The monoisotopic (exact) mass is 537 g/mol. The summed E-state index contributed by atoms with van der Waals surface area (Å²) >= 11 is 0. The van der Waals surface area contributed by atoms with Gasteiger partial charge in [0.25, 0.3) is 0 Å². The minimum Gasteiger partial charge on any atom is -0.354 e. The molecule has 0 spiro atoms. The third kappa shape index (κ3) is 12.1. The maximum Gasteiger partial charge on any atom is 0.242 e. The normalized spacial score (nSPS) is 14.4. The fourth-order valence-electron chi connectivity index (χ4n) is 4.16. The number of carbonyl (C=O) groups is 4. The van der Waals surface area contributed by atoms with E-state index in [1.807, 2.05) is 51.1 Å². The van der Waals surface area contributed by atoms with Crippen molar-refractivity contribution in [2.75, 3.05) is 25.5 Å². The fraction of sp³-hybridized carbons (Fsp3) is 0.630. The van der Waals surface area contributed by atoms with E-state index >= 15 is 0 Å². The van der Waals surface area contributed by atoms with Gasteiger partial charge in [-0.25, -0.2) is 0 Å². The highest BCUT2D eigenvalue weighted by molar-refractivity contribution is 7.57. The van der Waals surface area contributed by atoms with Gasteiger partial charge in [-0.05, 0) is 44.1 Å². The van der Waals surface area contributed by atoms with Gasteiger partial charge in [0.15, 0.2) is 0 Å². The maximum absolute atomic E-state index is 13.1. The molecule has 0 aliphatic rings.